The summed E-state index contributed by atoms with van der Waals surface area (Å²) in [6.07, 6.45) is 0.527. The van der Waals surface area contributed by atoms with Gasteiger partial charge in [-0.25, -0.2) is 4.79 Å². The van der Waals surface area contributed by atoms with Crippen molar-refractivity contribution in [2.45, 2.75) is 19.4 Å². The fourth-order valence-electron chi connectivity index (χ4n) is 1.98. The molecule has 144 valence electrons. The van der Waals surface area contributed by atoms with E-state index in [-0.39, 0.29) is 38.8 Å². The number of rotatable bonds is 11. The third-order valence-electron chi connectivity index (χ3n) is 3.46. The molecule has 0 saturated carbocycles. The van der Waals surface area contributed by atoms with Crippen LogP contribution in [0.5, 0.6) is 5.75 Å². The number of Topliss-reactive ketones (excluding diaryl/α,β-unsaturated/α-hetero) is 1. The van der Waals surface area contributed by atoms with E-state index in [0.29, 0.717) is 12.2 Å². The lowest BCUT2D eigenvalue weighted by atomic mass is 9.97. The molecule has 0 radical (unpaired) electrons. The third-order valence-corrected chi connectivity index (χ3v) is 5.56. The molecule has 0 bridgehead atoms. The van der Waals surface area contributed by atoms with Crippen molar-refractivity contribution < 1.29 is 29.3 Å². The lowest BCUT2D eigenvalue weighted by molar-refractivity contribution is -0.139. The van der Waals surface area contributed by atoms with Gasteiger partial charge in [-0.15, -0.1) is 0 Å². The lowest BCUT2D eigenvalue weighted by Gasteiger charge is -2.16. The van der Waals surface area contributed by atoms with Crippen LogP contribution in [0.2, 0.25) is 10.0 Å². The number of hydrogen-bond donors (Lipinski definition) is 3. The number of carboxylic acid groups (broad SMARTS) is 2. The lowest BCUT2D eigenvalue weighted by Crippen LogP contribution is -2.33. The molecule has 0 aliphatic heterocycles. The smallest absolute Gasteiger partial charge is 0.341 e. The highest BCUT2D eigenvalue weighted by atomic mass is 35.5. The van der Waals surface area contributed by atoms with Crippen LogP contribution in [0.4, 0.5) is 0 Å². The van der Waals surface area contributed by atoms with Crippen LogP contribution >= 0.6 is 35.0 Å². The molecule has 0 amide bonds. The monoisotopic (exact) mass is 423 g/mol. The maximum atomic E-state index is 12.7. The van der Waals surface area contributed by atoms with Crippen LogP contribution in [-0.4, -0.2) is 52.1 Å². The first kappa shape index (κ1) is 22.6. The first-order chi connectivity index (χ1) is 12.2. The minimum atomic E-state index is -1.17. The number of thioether (sulfide) groups is 1. The molecular weight excluding hydrogens is 405 g/mol. The second-order valence-corrected chi connectivity index (χ2v) is 7.20. The zero-order valence-corrected chi connectivity index (χ0v) is 16.2. The number of ketones is 1. The average Bonchev–Trinajstić information content (AvgIpc) is 2.59. The number of hydrogen-bond acceptors (Lipinski definition) is 6. The predicted octanol–water partition coefficient (Wildman–Crippen LogP) is 2.81. The molecule has 1 rings (SSSR count). The van der Waals surface area contributed by atoms with Crippen LogP contribution < -0.4 is 10.5 Å². The Kier molecular flexibility index (Phi) is 9.21. The van der Waals surface area contributed by atoms with Gasteiger partial charge in [0.2, 0.25) is 0 Å². The van der Waals surface area contributed by atoms with Gasteiger partial charge < -0.3 is 20.7 Å². The van der Waals surface area contributed by atoms with E-state index in [1.807, 2.05) is 6.92 Å². The van der Waals surface area contributed by atoms with Gasteiger partial charge in [-0.3, -0.25) is 9.59 Å². The van der Waals surface area contributed by atoms with Crippen molar-refractivity contribution >= 4 is 52.7 Å². The number of carboxylic acids is 2. The van der Waals surface area contributed by atoms with Crippen LogP contribution in [0.25, 0.3) is 0 Å². The first-order valence-corrected chi connectivity index (χ1v) is 9.53. The highest BCUT2D eigenvalue weighted by Crippen LogP contribution is 2.36. The van der Waals surface area contributed by atoms with Crippen molar-refractivity contribution in [1.29, 1.82) is 0 Å². The average molecular weight is 424 g/mol. The van der Waals surface area contributed by atoms with E-state index < -0.39 is 24.6 Å². The second-order valence-electron chi connectivity index (χ2n) is 5.37. The van der Waals surface area contributed by atoms with Gasteiger partial charge in [-0.2, -0.15) is 11.8 Å². The normalized spacial score (nSPS) is 13.1. The Morgan fingerprint density at radius 3 is 2.38 bits per heavy atom. The standard InChI is InChI=1S/C16H19Cl2NO6S/c1-2-8(6-26-7-10(19)16(23)24)15(22)9-3-4-11(14(18)13(9)17)25-5-12(20)21/h3-4,8,10H,2,5-7,19H2,1H3,(H,20,21)(H,23,24)/t8-,10-/m1/s1. The summed E-state index contributed by atoms with van der Waals surface area (Å²) in [6, 6.07) is 1.84. The number of halogens is 2. The van der Waals surface area contributed by atoms with Crippen molar-refractivity contribution in [3.63, 3.8) is 0 Å². The molecule has 0 aliphatic rings. The van der Waals surface area contributed by atoms with E-state index in [0.717, 1.165) is 0 Å². The number of carbonyl (C=O) groups is 3. The van der Waals surface area contributed by atoms with Gasteiger partial charge in [0, 0.05) is 23.0 Å². The molecule has 10 heteroatoms. The quantitative estimate of drug-likeness (QED) is 0.463. The van der Waals surface area contributed by atoms with Crippen molar-refractivity contribution in [3.8, 4) is 5.75 Å². The molecule has 0 saturated heterocycles. The van der Waals surface area contributed by atoms with Gasteiger partial charge in [0.25, 0.3) is 0 Å². The third kappa shape index (κ3) is 6.35. The Morgan fingerprint density at radius 2 is 1.85 bits per heavy atom. The molecule has 0 fully saturated rings. The van der Waals surface area contributed by atoms with Crippen molar-refractivity contribution in [2.24, 2.45) is 11.7 Å². The summed E-state index contributed by atoms with van der Waals surface area (Å²) in [5.74, 6) is -2.23. The summed E-state index contributed by atoms with van der Waals surface area (Å²) in [7, 11) is 0. The molecule has 0 spiro atoms. The van der Waals surface area contributed by atoms with Crippen LogP contribution in [-0.2, 0) is 9.59 Å². The highest BCUT2D eigenvalue weighted by molar-refractivity contribution is 7.99. The summed E-state index contributed by atoms with van der Waals surface area (Å²) in [5, 5.41) is 17.4. The second kappa shape index (κ2) is 10.6. The predicted molar refractivity (Wildman–Crippen MR) is 101 cm³/mol. The van der Waals surface area contributed by atoms with E-state index >= 15 is 0 Å². The van der Waals surface area contributed by atoms with Crippen LogP contribution in [0.15, 0.2) is 12.1 Å². The van der Waals surface area contributed by atoms with Crippen LogP contribution in [0, 0.1) is 5.92 Å². The minimum absolute atomic E-state index is 0.00903. The molecule has 7 nitrogen and oxygen atoms in total. The van der Waals surface area contributed by atoms with Crippen molar-refractivity contribution in [3.05, 3.63) is 27.7 Å². The SMILES string of the molecule is CC[C@H](CSC[C@@H](N)C(=O)O)C(=O)c1ccc(OCC(=O)O)c(Cl)c1Cl. The fraction of sp³-hybridized carbons (Fsp3) is 0.438. The topological polar surface area (TPSA) is 127 Å². The maximum Gasteiger partial charge on any atom is 0.341 e. The molecule has 2 atom stereocenters. The Bertz CT molecular complexity index is 685. The summed E-state index contributed by atoms with van der Waals surface area (Å²) < 4.78 is 5.01. The molecular formula is C16H19Cl2NO6S. The van der Waals surface area contributed by atoms with Gasteiger partial charge in [-0.1, -0.05) is 30.1 Å². The number of ether oxygens (including phenoxy) is 1. The molecule has 4 N–H and O–H groups in total. The molecule has 0 unspecified atom stereocenters. The maximum absolute atomic E-state index is 12.7. The van der Waals surface area contributed by atoms with Crippen LogP contribution in [0.3, 0.4) is 0 Å². The minimum Gasteiger partial charge on any atom is -0.480 e. The van der Waals surface area contributed by atoms with E-state index in [4.69, 9.17) is 43.9 Å². The zero-order chi connectivity index (χ0) is 19.9. The van der Waals surface area contributed by atoms with E-state index in [2.05, 4.69) is 0 Å². The summed E-state index contributed by atoms with van der Waals surface area (Å²) in [6.45, 7) is 1.25. The molecule has 1 aromatic carbocycles. The molecule has 26 heavy (non-hydrogen) atoms. The highest BCUT2D eigenvalue weighted by Gasteiger charge is 2.24. The Morgan fingerprint density at radius 1 is 1.19 bits per heavy atom. The first-order valence-electron chi connectivity index (χ1n) is 7.61. The van der Waals surface area contributed by atoms with Crippen molar-refractivity contribution in [2.75, 3.05) is 18.1 Å². The Balaban J connectivity index is 2.84. The van der Waals surface area contributed by atoms with E-state index in [1.54, 1.807) is 0 Å². The van der Waals surface area contributed by atoms with Crippen LogP contribution in [0.1, 0.15) is 23.7 Å². The molecule has 0 aliphatic carbocycles. The molecule has 0 aromatic heterocycles. The van der Waals surface area contributed by atoms with E-state index in [9.17, 15) is 14.4 Å². The number of aliphatic carboxylic acids is 2. The summed E-state index contributed by atoms with van der Waals surface area (Å²) >= 11 is 13.5. The number of carbonyl (C=O) groups excluding carboxylic acids is 1. The zero-order valence-electron chi connectivity index (χ0n) is 13.9. The summed E-state index contributed by atoms with van der Waals surface area (Å²) in [5.41, 5.74) is 5.65. The van der Waals surface area contributed by atoms with Gasteiger partial charge >= 0.3 is 11.9 Å². The summed E-state index contributed by atoms with van der Waals surface area (Å²) in [4.78, 5) is 34.0. The van der Waals surface area contributed by atoms with Gasteiger partial charge in [0.05, 0.1) is 5.02 Å². The Hall–Kier alpha value is -1.48. The fourth-order valence-corrected chi connectivity index (χ4v) is 3.65. The van der Waals surface area contributed by atoms with Gasteiger partial charge in [0.1, 0.15) is 16.8 Å². The molecule has 1 aromatic rings. The van der Waals surface area contributed by atoms with Crippen molar-refractivity contribution in [1.82, 2.24) is 0 Å². The Labute approximate surface area is 164 Å². The van der Waals surface area contributed by atoms with E-state index in [1.165, 1.54) is 23.9 Å². The molecule has 0 heterocycles. The van der Waals surface area contributed by atoms with Gasteiger partial charge in [0.15, 0.2) is 12.4 Å². The largest absolute Gasteiger partial charge is 0.480 e. The van der Waals surface area contributed by atoms with Gasteiger partial charge in [-0.05, 0) is 18.6 Å². The number of nitrogens with two attached hydrogens (primary N) is 1. The number of benzene rings is 1.